The summed E-state index contributed by atoms with van der Waals surface area (Å²) in [5, 5.41) is 3.40. The van der Waals surface area contributed by atoms with Crippen LogP contribution in [0.1, 0.15) is 52.0 Å². The first kappa shape index (κ1) is 24.7. The fraction of sp³-hybridized carbons (Fsp3) is 0.296. The summed E-state index contributed by atoms with van der Waals surface area (Å²) in [4.78, 5) is 32.1. The molecule has 0 bridgehead atoms. The minimum atomic E-state index is -0.271. The van der Waals surface area contributed by atoms with Gasteiger partial charge in [0, 0.05) is 47.3 Å². The molecule has 0 radical (unpaired) electrons. The molecule has 0 saturated heterocycles. The summed E-state index contributed by atoms with van der Waals surface area (Å²) < 4.78 is 5.23. The lowest BCUT2D eigenvalue weighted by atomic mass is 9.89. The van der Waals surface area contributed by atoms with Gasteiger partial charge in [0.1, 0.15) is 5.75 Å². The van der Waals surface area contributed by atoms with Gasteiger partial charge in [0.05, 0.1) is 12.7 Å². The van der Waals surface area contributed by atoms with Crippen LogP contribution < -0.4 is 15.8 Å². The van der Waals surface area contributed by atoms with Crippen LogP contribution >= 0.6 is 11.6 Å². The molecule has 2 aromatic carbocycles. The van der Waals surface area contributed by atoms with E-state index in [1.165, 1.54) is 6.20 Å². The second-order valence-corrected chi connectivity index (χ2v) is 9.09. The Morgan fingerprint density at radius 3 is 2.57 bits per heavy atom. The topological polar surface area (TPSA) is 97.5 Å². The Hall–Kier alpha value is -3.42. The Kier molecular flexibility index (Phi) is 8.00. The van der Waals surface area contributed by atoms with Crippen molar-refractivity contribution in [3.8, 4) is 5.75 Å². The number of nitrogens with two attached hydrogens (primary N) is 1. The fourth-order valence-corrected chi connectivity index (χ4v) is 4.60. The number of anilines is 1. The number of methoxy groups -OCH3 is 1. The molecule has 1 aromatic heterocycles. The zero-order chi connectivity index (χ0) is 24.8. The highest BCUT2D eigenvalue weighted by Gasteiger charge is 2.32. The van der Waals surface area contributed by atoms with E-state index >= 15 is 0 Å². The molecule has 3 N–H and O–H groups in total. The molecule has 1 aliphatic carbocycles. The van der Waals surface area contributed by atoms with E-state index in [9.17, 15) is 9.59 Å². The lowest BCUT2D eigenvalue weighted by Crippen LogP contribution is -2.51. The van der Waals surface area contributed by atoms with Crippen LogP contribution in [0.15, 0.2) is 67.0 Å². The lowest BCUT2D eigenvalue weighted by Gasteiger charge is -2.38. The number of carbonyl (C=O) groups is 2. The van der Waals surface area contributed by atoms with Crippen molar-refractivity contribution in [2.75, 3.05) is 12.4 Å². The normalized spacial score (nSPS) is 17.5. The van der Waals surface area contributed by atoms with Gasteiger partial charge < -0.3 is 20.7 Å². The molecule has 0 spiro atoms. The molecule has 1 fully saturated rings. The molecule has 35 heavy (non-hydrogen) atoms. The molecule has 2 amide bonds. The number of benzene rings is 2. The van der Waals surface area contributed by atoms with Crippen molar-refractivity contribution in [1.29, 1.82) is 0 Å². The van der Waals surface area contributed by atoms with Crippen LogP contribution in [0.4, 0.5) is 5.69 Å². The average molecular weight is 493 g/mol. The third-order valence-electron chi connectivity index (χ3n) is 6.35. The molecule has 3 aromatic rings. The zero-order valence-electron chi connectivity index (χ0n) is 19.6. The Balaban J connectivity index is 1.61. The van der Waals surface area contributed by atoms with Gasteiger partial charge in [-0.25, -0.2) is 0 Å². The van der Waals surface area contributed by atoms with E-state index in [0.717, 1.165) is 31.2 Å². The van der Waals surface area contributed by atoms with E-state index in [0.29, 0.717) is 27.6 Å². The highest BCUT2D eigenvalue weighted by atomic mass is 35.5. The van der Waals surface area contributed by atoms with E-state index in [1.54, 1.807) is 67.9 Å². The Morgan fingerprint density at radius 2 is 1.89 bits per heavy atom. The molecule has 2 unspecified atom stereocenters. The number of hydrogen-bond acceptors (Lipinski definition) is 5. The van der Waals surface area contributed by atoms with Crippen LogP contribution in [-0.2, 0) is 6.54 Å². The number of pyridine rings is 1. The highest BCUT2D eigenvalue weighted by molar-refractivity contribution is 6.31. The van der Waals surface area contributed by atoms with Crippen molar-refractivity contribution in [1.82, 2.24) is 9.88 Å². The molecule has 1 saturated carbocycles. The summed E-state index contributed by atoms with van der Waals surface area (Å²) >= 11 is 6.55. The number of aromatic nitrogens is 1. The first-order valence-electron chi connectivity index (χ1n) is 11.7. The monoisotopic (exact) mass is 492 g/mol. The van der Waals surface area contributed by atoms with Crippen molar-refractivity contribution in [3.63, 3.8) is 0 Å². The number of carbonyl (C=O) groups excluding carboxylic acids is 2. The Bertz CT molecular complexity index is 1170. The maximum absolute atomic E-state index is 13.7. The third-order valence-corrected chi connectivity index (χ3v) is 6.72. The lowest BCUT2D eigenvalue weighted by molar-refractivity contribution is 0.0583. The number of halogens is 1. The van der Waals surface area contributed by atoms with Crippen molar-refractivity contribution in [2.24, 2.45) is 5.73 Å². The van der Waals surface area contributed by atoms with Crippen LogP contribution in [0.2, 0.25) is 5.02 Å². The van der Waals surface area contributed by atoms with Gasteiger partial charge in [0.15, 0.2) is 0 Å². The quantitative estimate of drug-likeness (QED) is 0.488. The molecule has 4 rings (SSSR count). The maximum atomic E-state index is 13.7. The Morgan fingerprint density at radius 1 is 1.11 bits per heavy atom. The number of hydrogen-bond donors (Lipinski definition) is 2. The summed E-state index contributed by atoms with van der Waals surface area (Å²) in [5.41, 5.74) is 8.81. The molecule has 1 heterocycles. The predicted molar refractivity (Wildman–Crippen MR) is 137 cm³/mol. The first-order valence-corrected chi connectivity index (χ1v) is 12.0. The SMILES string of the molecule is COc1ccc(C(=O)N(Cc2cc(NC(=O)c3cccnc3)ccc2Cl)C2CCCCC2N)cc1. The van der Waals surface area contributed by atoms with Gasteiger partial charge in [-0.2, -0.15) is 0 Å². The summed E-state index contributed by atoms with van der Waals surface area (Å²) in [6, 6.07) is 15.5. The maximum Gasteiger partial charge on any atom is 0.257 e. The summed E-state index contributed by atoms with van der Waals surface area (Å²) in [7, 11) is 1.59. The summed E-state index contributed by atoms with van der Waals surface area (Å²) in [6.45, 7) is 0.276. The number of ether oxygens (including phenoxy) is 1. The molecular weight excluding hydrogens is 464 g/mol. The van der Waals surface area contributed by atoms with Crippen molar-refractivity contribution >= 4 is 29.1 Å². The first-order chi connectivity index (χ1) is 17.0. The smallest absolute Gasteiger partial charge is 0.257 e. The molecule has 1 aliphatic rings. The van der Waals surface area contributed by atoms with E-state index in [4.69, 9.17) is 22.1 Å². The van der Waals surface area contributed by atoms with Crippen molar-refractivity contribution in [3.05, 3.63) is 88.7 Å². The highest BCUT2D eigenvalue weighted by Crippen LogP contribution is 2.29. The van der Waals surface area contributed by atoms with Crippen LogP contribution in [-0.4, -0.2) is 40.9 Å². The predicted octanol–water partition coefficient (Wildman–Crippen LogP) is 4.91. The number of nitrogens with one attached hydrogen (secondary N) is 1. The van der Waals surface area contributed by atoms with Crippen LogP contribution in [0.5, 0.6) is 5.75 Å². The largest absolute Gasteiger partial charge is 0.497 e. The fourth-order valence-electron chi connectivity index (χ4n) is 4.42. The average Bonchev–Trinajstić information content (AvgIpc) is 2.89. The van der Waals surface area contributed by atoms with Gasteiger partial charge in [0.25, 0.3) is 11.8 Å². The van der Waals surface area contributed by atoms with E-state index in [2.05, 4.69) is 10.3 Å². The zero-order valence-corrected chi connectivity index (χ0v) is 20.4. The number of nitrogens with zero attached hydrogens (tertiary/aromatic N) is 2. The van der Waals surface area contributed by atoms with Crippen LogP contribution in [0, 0.1) is 0 Å². The van der Waals surface area contributed by atoms with Gasteiger partial charge in [0.2, 0.25) is 0 Å². The third kappa shape index (κ3) is 5.99. The van der Waals surface area contributed by atoms with Crippen molar-refractivity contribution in [2.45, 2.75) is 44.3 Å². The number of amides is 2. The van der Waals surface area contributed by atoms with E-state index < -0.39 is 0 Å². The van der Waals surface area contributed by atoms with Gasteiger partial charge in [-0.15, -0.1) is 0 Å². The van der Waals surface area contributed by atoms with Crippen molar-refractivity contribution < 1.29 is 14.3 Å². The second kappa shape index (κ2) is 11.3. The summed E-state index contributed by atoms with van der Waals surface area (Å²) in [5.74, 6) is 0.297. The van der Waals surface area contributed by atoms with Crippen LogP contribution in [0.25, 0.3) is 0 Å². The van der Waals surface area contributed by atoms with Gasteiger partial charge >= 0.3 is 0 Å². The molecule has 0 aliphatic heterocycles. The molecule has 8 heteroatoms. The van der Waals surface area contributed by atoms with E-state index in [-0.39, 0.29) is 30.4 Å². The minimum absolute atomic E-state index is 0.108. The standard InChI is InChI=1S/C27H29ClN4O3/c1-35-22-11-8-18(9-12-22)27(34)32(25-7-3-2-6-24(25)29)17-20-15-21(10-13-23(20)28)31-26(33)19-5-4-14-30-16-19/h4-5,8-16,24-25H,2-3,6-7,17,29H2,1H3,(H,31,33). The van der Waals surface area contributed by atoms with Gasteiger partial charge in [-0.05, 0) is 73.0 Å². The molecule has 182 valence electrons. The molecular formula is C27H29ClN4O3. The Labute approximate surface area is 210 Å². The summed E-state index contributed by atoms with van der Waals surface area (Å²) in [6.07, 6.45) is 6.89. The molecule has 7 nitrogen and oxygen atoms in total. The van der Waals surface area contributed by atoms with Gasteiger partial charge in [-0.1, -0.05) is 24.4 Å². The second-order valence-electron chi connectivity index (χ2n) is 8.68. The minimum Gasteiger partial charge on any atom is -0.497 e. The van der Waals surface area contributed by atoms with Gasteiger partial charge in [-0.3, -0.25) is 14.6 Å². The van der Waals surface area contributed by atoms with E-state index in [1.807, 2.05) is 4.90 Å². The molecule has 2 atom stereocenters. The van der Waals surface area contributed by atoms with Crippen LogP contribution in [0.3, 0.4) is 0 Å². The number of rotatable bonds is 7.